The Morgan fingerprint density at radius 2 is 2.36 bits per heavy atom. The van der Waals surface area contributed by atoms with Gasteiger partial charge in [-0.25, -0.2) is 0 Å². The number of carbonyl (C=O) groups is 2. The lowest BCUT2D eigenvalue weighted by molar-refractivity contribution is -0.140. The van der Waals surface area contributed by atoms with Gasteiger partial charge in [-0.3, -0.25) is 9.59 Å². The van der Waals surface area contributed by atoms with Gasteiger partial charge in [-0.2, -0.15) is 4.98 Å². The van der Waals surface area contributed by atoms with Crippen LogP contribution in [0.2, 0.25) is 0 Å². The van der Waals surface area contributed by atoms with Crippen LogP contribution in [0.15, 0.2) is 22.0 Å². The zero-order valence-corrected chi connectivity index (χ0v) is 15.2. The molecule has 0 saturated carbocycles. The number of likely N-dealkylation sites (tertiary alicyclic amines) is 1. The van der Waals surface area contributed by atoms with Crippen LogP contribution in [0, 0.1) is 5.92 Å². The summed E-state index contributed by atoms with van der Waals surface area (Å²) in [5.41, 5.74) is 0. The van der Waals surface area contributed by atoms with E-state index in [9.17, 15) is 9.59 Å². The lowest BCUT2D eigenvalue weighted by Crippen LogP contribution is -2.48. The van der Waals surface area contributed by atoms with E-state index in [2.05, 4.69) is 15.5 Å². The van der Waals surface area contributed by atoms with Gasteiger partial charge in [-0.05, 0) is 31.7 Å². The first kappa shape index (κ1) is 17.6. The first-order valence-electron chi connectivity index (χ1n) is 8.44. The van der Waals surface area contributed by atoms with Gasteiger partial charge in [0.05, 0.1) is 12.5 Å². The largest absolute Gasteiger partial charge is 0.347 e. The summed E-state index contributed by atoms with van der Waals surface area (Å²) in [6, 6.07) is 4.11. The molecular weight excluding hydrogens is 340 g/mol. The van der Waals surface area contributed by atoms with E-state index in [0.717, 1.165) is 4.88 Å². The van der Waals surface area contributed by atoms with Crippen molar-refractivity contribution in [3.63, 3.8) is 0 Å². The first-order chi connectivity index (χ1) is 12.0. The number of hydrogen-bond donors (Lipinski definition) is 1. The molecule has 0 spiro atoms. The number of piperidine rings is 1. The topological polar surface area (TPSA) is 88.3 Å². The third kappa shape index (κ3) is 4.45. The van der Waals surface area contributed by atoms with Crippen LogP contribution in [0.5, 0.6) is 0 Å². The van der Waals surface area contributed by atoms with Crippen LogP contribution >= 0.6 is 11.3 Å². The predicted octanol–water partition coefficient (Wildman–Crippen LogP) is 1.99. The predicted molar refractivity (Wildman–Crippen MR) is 92.8 cm³/mol. The molecule has 3 heterocycles. The van der Waals surface area contributed by atoms with Gasteiger partial charge < -0.3 is 14.7 Å². The van der Waals surface area contributed by atoms with E-state index in [1.165, 1.54) is 0 Å². The van der Waals surface area contributed by atoms with Crippen molar-refractivity contribution in [2.75, 3.05) is 6.54 Å². The summed E-state index contributed by atoms with van der Waals surface area (Å²) in [7, 11) is 0. The Morgan fingerprint density at radius 1 is 1.52 bits per heavy atom. The summed E-state index contributed by atoms with van der Waals surface area (Å²) < 4.78 is 5.19. The molecule has 7 nitrogen and oxygen atoms in total. The van der Waals surface area contributed by atoms with E-state index in [1.54, 1.807) is 16.2 Å². The highest BCUT2D eigenvalue weighted by molar-refractivity contribution is 7.09. The van der Waals surface area contributed by atoms with Crippen molar-refractivity contribution in [1.29, 1.82) is 0 Å². The molecule has 8 heteroatoms. The molecule has 2 aromatic rings. The van der Waals surface area contributed by atoms with E-state index >= 15 is 0 Å². The fourth-order valence-corrected chi connectivity index (χ4v) is 3.60. The minimum atomic E-state index is -0.186. The molecular formula is C17H22N4O3S. The number of nitrogens with zero attached hydrogens (tertiary/aromatic N) is 3. The Hall–Kier alpha value is -2.22. The zero-order valence-electron chi connectivity index (χ0n) is 14.4. The summed E-state index contributed by atoms with van der Waals surface area (Å²) in [5.74, 6) is 0.868. The average molecular weight is 362 g/mol. The van der Waals surface area contributed by atoms with Crippen LogP contribution in [-0.4, -0.2) is 39.4 Å². The molecule has 1 fully saturated rings. The van der Waals surface area contributed by atoms with Crippen LogP contribution in [0.4, 0.5) is 0 Å². The molecule has 1 unspecified atom stereocenters. The highest BCUT2D eigenvalue weighted by Crippen LogP contribution is 2.20. The van der Waals surface area contributed by atoms with Gasteiger partial charge in [-0.15, -0.1) is 11.3 Å². The van der Waals surface area contributed by atoms with E-state index in [0.29, 0.717) is 37.5 Å². The molecule has 2 amide bonds. The summed E-state index contributed by atoms with van der Waals surface area (Å²) in [6.45, 7) is 4.61. The van der Waals surface area contributed by atoms with Crippen molar-refractivity contribution in [2.45, 2.75) is 45.7 Å². The van der Waals surface area contributed by atoms with Gasteiger partial charge in [0.2, 0.25) is 17.7 Å². The number of thiophene rings is 1. The second-order valence-electron chi connectivity index (χ2n) is 6.45. The SMILES string of the molecule is CC(C)N1CC(C(=O)NCc2nc(Cc3cccs3)no2)CCC1=O. The Balaban J connectivity index is 1.50. The molecule has 134 valence electrons. The third-order valence-corrected chi connectivity index (χ3v) is 5.15. The third-order valence-electron chi connectivity index (χ3n) is 4.27. The molecule has 1 aliphatic heterocycles. The molecule has 0 radical (unpaired) electrons. The molecule has 0 aliphatic carbocycles. The summed E-state index contributed by atoms with van der Waals surface area (Å²) in [4.78, 5) is 31.5. The molecule has 2 aromatic heterocycles. The number of rotatable bonds is 6. The Bertz CT molecular complexity index is 726. The summed E-state index contributed by atoms with van der Waals surface area (Å²) >= 11 is 1.64. The quantitative estimate of drug-likeness (QED) is 0.849. The highest BCUT2D eigenvalue weighted by Gasteiger charge is 2.31. The fraction of sp³-hybridized carbons (Fsp3) is 0.529. The maximum absolute atomic E-state index is 12.4. The van der Waals surface area contributed by atoms with Crippen molar-refractivity contribution in [3.8, 4) is 0 Å². The molecule has 0 aromatic carbocycles. The molecule has 1 atom stereocenters. The van der Waals surface area contributed by atoms with Gasteiger partial charge >= 0.3 is 0 Å². The Labute approximate surface area is 150 Å². The van der Waals surface area contributed by atoms with Crippen molar-refractivity contribution in [2.24, 2.45) is 5.92 Å². The summed E-state index contributed by atoms with van der Waals surface area (Å²) in [5, 5.41) is 8.79. The second-order valence-corrected chi connectivity index (χ2v) is 7.49. The Kier molecular flexibility index (Phi) is 5.47. The monoisotopic (exact) mass is 362 g/mol. The van der Waals surface area contributed by atoms with Crippen molar-refractivity contribution in [3.05, 3.63) is 34.1 Å². The van der Waals surface area contributed by atoms with Crippen molar-refractivity contribution >= 4 is 23.2 Å². The van der Waals surface area contributed by atoms with Crippen LogP contribution in [0.25, 0.3) is 0 Å². The number of aromatic nitrogens is 2. The maximum atomic E-state index is 12.4. The van der Waals surface area contributed by atoms with Crippen molar-refractivity contribution < 1.29 is 14.1 Å². The molecule has 25 heavy (non-hydrogen) atoms. The molecule has 0 bridgehead atoms. The molecule has 1 aliphatic rings. The normalized spacial score (nSPS) is 18.0. The zero-order chi connectivity index (χ0) is 17.8. The minimum absolute atomic E-state index is 0.0730. The number of hydrogen-bond acceptors (Lipinski definition) is 6. The fourth-order valence-electron chi connectivity index (χ4n) is 2.89. The van der Waals surface area contributed by atoms with E-state index in [-0.39, 0.29) is 30.3 Å². The number of amides is 2. The minimum Gasteiger partial charge on any atom is -0.347 e. The molecule has 1 saturated heterocycles. The number of carbonyl (C=O) groups excluding carboxylic acids is 2. The lowest BCUT2D eigenvalue weighted by Gasteiger charge is -2.34. The van der Waals surface area contributed by atoms with Gasteiger partial charge in [0, 0.05) is 30.3 Å². The van der Waals surface area contributed by atoms with Crippen LogP contribution in [-0.2, 0) is 22.6 Å². The van der Waals surface area contributed by atoms with Crippen molar-refractivity contribution in [1.82, 2.24) is 20.4 Å². The maximum Gasteiger partial charge on any atom is 0.246 e. The lowest BCUT2D eigenvalue weighted by atomic mass is 9.95. The summed E-state index contributed by atoms with van der Waals surface area (Å²) in [6.07, 6.45) is 1.63. The number of nitrogens with one attached hydrogen (secondary N) is 1. The van der Waals surface area contributed by atoms with E-state index < -0.39 is 0 Å². The second kappa shape index (κ2) is 7.77. The van der Waals surface area contributed by atoms with Crippen LogP contribution < -0.4 is 5.32 Å². The van der Waals surface area contributed by atoms with E-state index in [4.69, 9.17) is 4.52 Å². The van der Waals surface area contributed by atoms with Gasteiger partial charge in [-0.1, -0.05) is 11.2 Å². The van der Waals surface area contributed by atoms with Gasteiger partial charge in [0.15, 0.2) is 5.82 Å². The van der Waals surface area contributed by atoms with E-state index in [1.807, 2.05) is 31.4 Å². The standard InChI is InChI=1S/C17H22N4O3S/c1-11(2)21-10-12(5-6-16(21)22)17(23)18-9-15-19-14(20-24-15)8-13-4-3-7-25-13/h3-4,7,11-12H,5-6,8-10H2,1-2H3,(H,18,23). The Morgan fingerprint density at radius 3 is 3.08 bits per heavy atom. The average Bonchev–Trinajstić information content (AvgIpc) is 3.25. The van der Waals surface area contributed by atoms with Crippen LogP contribution in [0.3, 0.4) is 0 Å². The smallest absolute Gasteiger partial charge is 0.246 e. The first-order valence-corrected chi connectivity index (χ1v) is 9.32. The molecule has 1 N–H and O–H groups in total. The van der Waals surface area contributed by atoms with Gasteiger partial charge in [0.1, 0.15) is 0 Å². The highest BCUT2D eigenvalue weighted by atomic mass is 32.1. The van der Waals surface area contributed by atoms with Crippen LogP contribution in [0.1, 0.15) is 43.3 Å². The molecule has 3 rings (SSSR count). The van der Waals surface area contributed by atoms with Gasteiger partial charge in [0.25, 0.3) is 0 Å².